The minimum Gasteiger partial charge on any atom is -0.309 e. The Morgan fingerprint density at radius 1 is 1.32 bits per heavy atom. The summed E-state index contributed by atoms with van der Waals surface area (Å²) in [4.78, 5) is 6.41. The normalized spacial score (nSPS) is 18.3. The van der Waals surface area contributed by atoms with Crippen molar-refractivity contribution in [2.45, 2.75) is 38.6 Å². The quantitative estimate of drug-likeness (QED) is 0.917. The number of aromatic nitrogens is 1. The van der Waals surface area contributed by atoms with Crippen molar-refractivity contribution in [3.05, 3.63) is 51.5 Å². The number of nitrogens with zero attached hydrogens (tertiary/aromatic N) is 1. The van der Waals surface area contributed by atoms with Gasteiger partial charge in [-0.15, -0.1) is 11.3 Å². The van der Waals surface area contributed by atoms with E-state index in [2.05, 4.69) is 42.6 Å². The SMILES string of the molecule is CCNC1CCCc2sc(Cc3ccccc3)nc21. The molecule has 1 aliphatic rings. The lowest BCUT2D eigenvalue weighted by atomic mass is 9.98. The number of hydrogen-bond donors (Lipinski definition) is 1. The fourth-order valence-corrected chi connectivity index (χ4v) is 3.97. The van der Waals surface area contributed by atoms with Gasteiger partial charge in [-0.25, -0.2) is 4.98 Å². The fraction of sp³-hybridized carbons (Fsp3) is 0.438. The number of benzene rings is 1. The lowest BCUT2D eigenvalue weighted by Gasteiger charge is -2.21. The van der Waals surface area contributed by atoms with Gasteiger partial charge in [0.25, 0.3) is 0 Å². The van der Waals surface area contributed by atoms with Gasteiger partial charge in [0.15, 0.2) is 0 Å². The van der Waals surface area contributed by atoms with E-state index in [1.54, 1.807) is 0 Å². The van der Waals surface area contributed by atoms with Crippen molar-refractivity contribution in [3.8, 4) is 0 Å². The molecule has 1 heterocycles. The van der Waals surface area contributed by atoms with Gasteiger partial charge in [-0.1, -0.05) is 37.3 Å². The van der Waals surface area contributed by atoms with Gasteiger partial charge in [-0.3, -0.25) is 0 Å². The van der Waals surface area contributed by atoms with Crippen LogP contribution < -0.4 is 5.32 Å². The third kappa shape index (κ3) is 2.88. The maximum absolute atomic E-state index is 4.90. The molecule has 0 saturated heterocycles. The van der Waals surface area contributed by atoms with Crippen molar-refractivity contribution >= 4 is 11.3 Å². The summed E-state index contributed by atoms with van der Waals surface area (Å²) >= 11 is 1.91. The molecular formula is C16H20N2S. The van der Waals surface area contributed by atoms with E-state index in [4.69, 9.17) is 4.98 Å². The van der Waals surface area contributed by atoms with Gasteiger partial charge in [0.1, 0.15) is 0 Å². The third-order valence-electron chi connectivity index (χ3n) is 3.65. The molecule has 3 rings (SSSR count). The second-order valence-corrected chi connectivity index (χ2v) is 6.25. The van der Waals surface area contributed by atoms with E-state index in [-0.39, 0.29) is 0 Å². The zero-order chi connectivity index (χ0) is 13.1. The maximum atomic E-state index is 4.90. The van der Waals surface area contributed by atoms with Crippen molar-refractivity contribution in [1.29, 1.82) is 0 Å². The van der Waals surface area contributed by atoms with Crippen LogP contribution in [0.3, 0.4) is 0 Å². The molecule has 3 heteroatoms. The summed E-state index contributed by atoms with van der Waals surface area (Å²) in [6, 6.07) is 11.1. The van der Waals surface area contributed by atoms with Crippen LogP contribution in [0, 0.1) is 0 Å². The molecule has 0 spiro atoms. The van der Waals surface area contributed by atoms with Crippen LogP contribution in [0.4, 0.5) is 0 Å². The number of hydrogen-bond acceptors (Lipinski definition) is 3. The molecule has 0 amide bonds. The van der Waals surface area contributed by atoms with Crippen LogP contribution in [-0.2, 0) is 12.8 Å². The van der Waals surface area contributed by atoms with Crippen LogP contribution in [0.2, 0.25) is 0 Å². The van der Waals surface area contributed by atoms with Gasteiger partial charge in [-0.2, -0.15) is 0 Å². The molecule has 1 aromatic heterocycles. The Labute approximate surface area is 118 Å². The molecule has 0 aliphatic heterocycles. The van der Waals surface area contributed by atoms with Crippen LogP contribution >= 0.6 is 11.3 Å². The lowest BCUT2D eigenvalue weighted by Crippen LogP contribution is -2.24. The number of nitrogens with one attached hydrogen (secondary N) is 1. The molecule has 1 unspecified atom stereocenters. The van der Waals surface area contributed by atoms with E-state index >= 15 is 0 Å². The molecule has 1 aliphatic carbocycles. The van der Waals surface area contributed by atoms with Crippen molar-refractivity contribution in [2.75, 3.05) is 6.54 Å². The van der Waals surface area contributed by atoms with Crippen LogP contribution in [0.15, 0.2) is 30.3 Å². The highest BCUT2D eigenvalue weighted by Gasteiger charge is 2.23. The smallest absolute Gasteiger partial charge is 0.0975 e. The molecule has 1 atom stereocenters. The van der Waals surface area contributed by atoms with E-state index in [1.807, 2.05) is 11.3 Å². The second-order valence-electron chi connectivity index (χ2n) is 5.08. The first-order chi connectivity index (χ1) is 9.36. The van der Waals surface area contributed by atoms with Crippen LogP contribution in [0.25, 0.3) is 0 Å². The zero-order valence-electron chi connectivity index (χ0n) is 11.4. The first-order valence-corrected chi connectivity index (χ1v) is 7.94. The van der Waals surface area contributed by atoms with Gasteiger partial charge in [0.05, 0.1) is 16.7 Å². The molecule has 0 saturated carbocycles. The lowest BCUT2D eigenvalue weighted by molar-refractivity contribution is 0.465. The molecule has 2 nitrogen and oxygen atoms in total. The largest absolute Gasteiger partial charge is 0.309 e. The highest BCUT2D eigenvalue weighted by atomic mass is 32.1. The second kappa shape index (κ2) is 5.85. The Kier molecular flexibility index (Phi) is 3.95. The summed E-state index contributed by atoms with van der Waals surface area (Å²) in [6.45, 7) is 3.20. The third-order valence-corrected chi connectivity index (χ3v) is 4.78. The van der Waals surface area contributed by atoms with Crippen LogP contribution in [0.1, 0.15) is 46.9 Å². The predicted octanol–water partition coefficient (Wildman–Crippen LogP) is 3.72. The monoisotopic (exact) mass is 272 g/mol. The Balaban J connectivity index is 1.81. The standard InChI is InChI=1S/C16H20N2S/c1-2-17-13-9-6-10-14-16(13)18-15(19-14)11-12-7-4-3-5-8-12/h3-5,7-8,13,17H,2,6,9-11H2,1H3. The fourth-order valence-electron chi connectivity index (χ4n) is 2.76. The number of fused-ring (bicyclic) bond motifs is 1. The summed E-state index contributed by atoms with van der Waals surface area (Å²) < 4.78 is 0. The first-order valence-electron chi connectivity index (χ1n) is 7.12. The summed E-state index contributed by atoms with van der Waals surface area (Å²) in [5.41, 5.74) is 2.68. The number of rotatable bonds is 4. The average molecular weight is 272 g/mol. The van der Waals surface area contributed by atoms with E-state index in [0.29, 0.717) is 6.04 Å². The first kappa shape index (κ1) is 12.8. The van der Waals surface area contributed by atoms with Crippen molar-refractivity contribution in [3.63, 3.8) is 0 Å². The zero-order valence-corrected chi connectivity index (χ0v) is 12.2. The Hall–Kier alpha value is -1.19. The molecule has 0 fully saturated rings. The number of thiazole rings is 1. The minimum absolute atomic E-state index is 0.481. The van der Waals surface area contributed by atoms with Crippen molar-refractivity contribution in [1.82, 2.24) is 10.3 Å². The molecule has 0 radical (unpaired) electrons. The van der Waals surface area contributed by atoms with Gasteiger partial charge in [0, 0.05) is 11.3 Å². The van der Waals surface area contributed by atoms with Crippen molar-refractivity contribution < 1.29 is 0 Å². The highest BCUT2D eigenvalue weighted by molar-refractivity contribution is 7.11. The van der Waals surface area contributed by atoms with E-state index in [1.165, 1.54) is 40.4 Å². The summed E-state index contributed by atoms with van der Waals surface area (Å²) in [5, 5.41) is 4.83. The van der Waals surface area contributed by atoms with Gasteiger partial charge >= 0.3 is 0 Å². The van der Waals surface area contributed by atoms with E-state index in [9.17, 15) is 0 Å². The summed E-state index contributed by atoms with van der Waals surface area (Å²) in [5.74, 6) is 0. The van der Waals surface area contributed by atoms with Gasteiger partial charge < -0.3 is 5.32 Å². The molecule has 2 aromatic rings. The molecule has 1 aromatic carbocycles. The Morgan fingerprint density at radius 2 is 2.16 bits per heavy atom. The van der Waals surface area contributed by atoms with Crippen molar-refractivity contribution in [2.24, 2.45) is 0 Å². The van der Waals surface area contributed by atoms with Crippen LogP contribution in [0.5, 0.6) is 0 Å². The Morgan fingerprint density at radius 3 is 2.95 bits per heavy atom. The molecule has 19 heavy (non-hydrogen) atoms. The number of aryl methyl sites for hydroxylation is 1. The average Bonchev–Trinajstić information content (AvgIpc) is 2.84. The summed E-state index contributed by atoms with van der Waals surface area (Å²) in [7, 11) is 0. The molecule has 1 N–H and O–H groups in total. The van der Waals surface area contributed by atoms with Gasteiger partial charge in [0.2, 0.25) is 0 Å². The molecule has 100 valence electrons. The predicted molar refractivity (Wildman–Crippen MR) is 80.7 cm³/mol. The topological polar surface area (TPSA) is 24.9 Å². The maximum Gasteiger partial charge on any atom is 0.0975 e. The molecule has 0 bridgehead atoms. The van der Waals surface area contributed by atoms with E-state index < -0.39 is 0 Å². The summed E-state index contributed by atoms with van der Waals surface area (Å²) in [6.07, 6.45) is 4.70. The van der Waals surface area contributed by atoms with Crippen LogP contribution in [-0.4, -0.2) is 11.5 Å². The highest BCUT2D eigenvalue weighted by Crippen LogP contribution is 2.33. The molecular weight excluding hydrogens is 252 g/mol. The van der Waals surface area contributed by atoms with Gasteiger partial charge in [-0.05, 0) is 31.4 Å². The Bertz CT molecular complexity index is 533. The minimum atomic E-state index is 0.481. The van der Waals surface area contributed by atoms with E-state index in [0.717, 1.165) is 13.0 Å².